The van der Waals surface area contributed by atoms with Crippen LogP contribution in [0.4, 0.5) is 0 Å². The van der Waals surface area contributed by atoms with Gasteiger partial charge in [-0.15, -0.1) is 0 Å². The fourth-order valence-corrected chi connectivity index (χ4v) is 0.926. The van der Waals surface area contributed by atoms with Gasteiger partial charge in [0, 0.05) is 19.1 Å². The van der Waals surface area contributed by atoms with E-state index in [0.717, 1.165) is 12.2 Å². The highest BCUT2D eigenvalue weighted by molar-refractivity contribution is 5.81. The van der Waals surface area contributed by atoms with Crippen LogP contribution in [-0.2, 0) is 14.3 Å². The van der Waals surface area contributed by atoms with E-state index in [1.54, 1.807) is 19.1 Å². The minimum Gasteiger partial charge on any atom is -0.478 e. The number of aliphatic carboxylic acids is 1. The second-order valence-electron chi connectivity index (χ2n) is 3.18. The van der Waals surface area contributed by atoms with Gasteiger partial charge in [0.05, 0.1) is 0 Å². The average Bonchev–Trinajstić information content (AvgIpc) is 2.40. The molecule has 1 aromatic carbocycles. The van der Waals surface area contributed by atoms with Gasteiger partial charge in [0.25, 0.3) is 0 Å². The number of esters is 1. The predicted octanol–water partition coefficient (Wildman–Crippen LogP) is 2.40. The SMILES string of the molecule is C=CC(=O)O.C=CC(=O)OC(C)Oc1ccccc1. The minimum absolute atomic E-state index is 0.492. The third kappa shape index (κ3) is 9.17. The molecule has 0 aromatic heterocycles. The summed E-state index contributed by atoms with van der Waals surface area (Å²) >= 11 is 0. The van der Waals surface area contributed by atoms with Crippen molar-refractivity contribution in [2.24, 2.45) is 0 Å². The monoisotopic (exact) mass is 264 g/mol. The van der Waals surface area contributed by atoms with Crippen LogP contribution >= 0.6 is 0 Å². The Morgan fingerprint density at radius 2 is 1.74 bits per heavy atom. The van der Waals surface area contributed by atoms with E-state index in [4.69, 9.17) is 14.6 Å². The molecule has 5 nitrogen and oxygen atoms in total. The zero-order valence-corrected chi connectivity index (χ0v) is 10.6. The highest BCUT2D eigenvalue weighted by Gasteiger charge is 2.06. The molecule has 0 amide bonds. The Bertz CT molecular complexity index is 425. The van der Waals surface area contributed by atoms with Crippen LogP contribution in [0, 0.1) is 0 Å². The summed E-state index contributed by atoms with van der Waals surface area (Å²) in [7, 11) is 0. The van der Waals surface area contributed by atoms with Crippen molar-refractivity contribution < 1.29 is 24.2 Å². The highest BCUT2D eigenvalue weighted by atomic mass is 16.7. The lowest BCUT2D eigenvalue weighted by Crippen LogP contribution is -2.19. The van der Waals surface area contributed by atoms with Gasteiger partial charge in [-0.3, -0.25) is 0 Å². The molecule has 0 radical (unpaired) electrons. The lowest BCUT2D eigenvalue weighted by Gasteiger charge is -2.13. The Kier molecular flexibility index (Phi) is 8.19. The summed E-state index contributed by atoms with van der Waals surface area (Å²) in [5.74, 6) is -0.810. The molecule has 1 rings (SSSR count). The molecule has 0 bridgehead atoms. The topological polar surface area (TPSA) is 72.8 Å². The number of ether oxygens (including phenoxy) is 2. The maximum absolute atomic E-state index is 10.8. The van der Waals surface area contributed by atoms with E-state index in [1.165, 1.54) is 0 Å². The molecule has 0 spiro atoms. The quantitative estimate of drug-likeness (QED) is 0.502. The maximum Gasteiger partial charge on any atom is 0.333 e. The van der Waals surface area contributed by atoms with Gasteiger partial charge in [-0.1, -0.05) is 31.4 Å². The second-order valence-corrected chi connectivity index (χ2v) is 3.18. The fraction of sp³-hybridized carbons (Fsp3) is 0.143. The summed E-state index contributed by atoms with van der Waals surface area (Å²) in [6, 6.07) is 9.15. The third-order valence-corrected chi connectivity index (χ3v) is 1.67. The van der Waals surface area contributed by atoms with Gasteiger partial charge in [0.1, 0.15) is 5.75 Å². The lowest BCUT2D eigenvalue weighted by atomic mass is 10.3. The molecule has 1 atom stereocenters. The summed E-state index contributed by atoms with van der Waals surface area (Å²) in [5, 5.41) is 7.60. The second kappa shape index (κ2) is 9.47. The molecule has 0 aliphatic heterocycles. The first-order valence-electron chi connectivity index (χ1n) is 5.39. The first-order chi connectivity index (χ1) is 8.99. The summed E-state index contributed by atoms with van der Waals surface area (Å²) in [4.78, 5) is 20.0. The summed E-state index contributed by atoms with van der Waals surface area (Å²) in [6.07, 6.45) is 1.33. The van der Waals surface area contributed by atoms with E-state index < -0.39 is 18.2 Å². The normalized spacial score (nSPS) is 10.2. The number of carboxylic acid groups (broad SMARTS) is 1. The van der Waals surface area contributed by atoms with Crippen LogP contribution in [0.3, 0.4) is 0 Å². The van der Waals surface area contributed by atoms with E-state index in [2.05, 4.69) is 13.2 Å². The molecular formula is C14H16O5. The maximum atomic E-state index is 10.8. The zero-order valence-electron chi connectivity index (χ0n) is 10.6. The number of benzene rings is 1. The number of hydrogen-bond acceptors (Lipinski definition) is 4. The van der Waals surface area contributed by atoms with Crippen molar-refractivity contribution in [2.75, 3.05) is 0 Å². The van der Waals surface area contributed by atoms with Crippen molar-refractivity contribution >= 4 is 11.9 Å². The van der Waals surface area contributed by atoms with Gasteiger partial charge in [0.2, 0.25) is 6.29 Å². The summed E-state index contributed by atoms with van der Waals surface area (Å²) < 4.78 is 10.1. The first kappa shape index (κ1) is 16.4. The largest absolute Gasteiger partial charge is 0.478 e. The van der Waals surface area contributed by atoms with Gasteiger partial charge in [-0.2, -0.15) is 0 Å². The molecule has 19 heavy (non-hydrogen) atoms. The van der Waals surface area contributed by atoms with Crippen LogP contribution < -0.4 is 4.74 Å². The fourth-order valence-electron chi connectivity index (χ4n) is 0.926. The molecule has 1 aromatic rings. The van der Waals surface area contributed by atoms with Crippen molar-refractivity contribution in [3.8, 4) is 5.75 Å². The number of carboxylic acids is 1. The average molecular weight is 264 g/mol. The molecule has 0 heterocycles. The number of rotatable bonds is 5. The Hall–Kier alpha value is -2.56. The van der Waals surface area contributed by atoms with Gasteiger partial charge in [-0.25, -0.2) is 9.59 Å². The Balaban J connectivity index is 0.000000555. The number of para-hydroxylation sites is 1. The summed E-state index contributed by atoms with van der Waals surface area (Å²) in [6.45, 7) is 7.90. The van der Waals surface area contributed by atoms with Crippen LogP contribution in [-0.4, -0.2) is 23.3 Å². The van der Waals surface area contributed by atoms with E-state index in [0.29, 0.717) is 5.75 Å². The van der Waals surface area contributed by atoms with E-state index >= 15 is 0 Å². The van der Waals surface area contributed by atoms with Gasteiger partial charge < -0.3 is 14.6 Å². The van der Waals surface area contributed by atoms with Gasteiger partial charge in [0.15, 0.2) is 0 Å². The van der Waals surface area contributed by atoms with Crippen LogP contribution in [0.5, 0.6) is 5.75 Å². The summed E-state index contributed by atoms with van der Waals surface area (Å²) in [5.41, 5.74) is 0. The van der Waals surface area contributed by atoms with Crippen LogP contribution in [0.2, 0.25) is 0 Å². The standard InChI is InChI=1S/C11H12O3.C3H4O2/c1-3-11(12)14-9(2)13-10-7-5-4-6-8-10;1-2-3(4)5/h3-9H,1H2,2H3;2H,1H2,(H,4,5). The van der Waals surface area contributed by atoms with Crippen molar-refractivity contribution in [3.63, 3.8) is 0 Å². The number of carbonyl (C=O) groups excluding carboxylic acids is 1. The van der Waals surface area contributed by atoms with Gasteiger partial charge in [-0.05, 0) is 12.1 Å². The molecule has 0 aliphatic carbocycles. The molecule has 0 fully saturated rings. The minimum atomic E-state index is -0.981. The molecule has 1 N–H and O–H groups in total. The highest BCUT2D eigenvalue weighted by Crippen LogP contribution is 2.11. The van der Waals surface area contributed by atoms with Crippen molar-refractivity contribution in [1.82, 2.24) is 0 Å². The van der Waals surface area contributed by atoms with E-state index in [-0.39, 0.29) is 0 Å². The van der Waals surface area contributed by atoms with Crippen molar-refractivity contribution in [2.45, 2.75) is 13.2 Å². The van der Waals surface area contributed by atoms with Crippen molar-refractivity contribution in [3.05, 3.63) is 55.6 Å². The number of carbonyl (C=O) groups is 2. The van der Waals surface area contributed by atoms with Crippen LogP contribution in [0.25, 0.3) is 0 Å². The smallest absolute Gasteiger partial charge is 0.333 e. The molecule has 5 heteroatoms. The molecule has 1 unspecified atom stereocenters. The number of hydrogen-bond donors (Lipinski definition) is 1. The van der Waals surface area contributed by atoms with E-state index in [9.17, 15) is 9.59 Å². The molecule has 0 saturated heterocycles. The van der Waals surface area contributed by atoms with Crippen LogP contribution in [0.15, 0.2) is 55.6 Å². The zero-order chi connectivity index (χ0) is 14.7. The Labute approximate surface area is 111 Å². The molecular weight excluding hydrogens is 248 g/mol. The van der Waals surface area contributed by atoms with Crippen molar-refractivity contribution in [1.29, 1.82) is 0 Å². The first-order valence-corrected chi connectivity index (χ1v) is 5.39. The van der Waals surface area contributed by atoms with Gasteiger partial charge >= 0.3 is 11.9 Å². The Morgan fingerprint density at radius 1 is 1.21 bits per heavy atom. The van der Waals surface area contributed by atoms with E-state index in [1.807, 2.05) is 18.2 Å². The lowest BCUT2D eigenvalue weighted by molar-refractivity contribution is -0.155. The molecule has 0 aliphatic rings. The Morgan fingerprint density at radius 3 is 2.16 bits per heavy atom. The molecule has 0 saturated carbocycles. The molecule has 102 valence electrons. The third-order valence-electron chi connectivity index (χ3n) is 1.67. The predicted molar refractivity (Wildman–Crippen MR) is 70.7 cm³/mol. The van der Waals surface area contributed by atoms with Crippen LogP contribution in [0.1, 0.15) is 6.92 Å².